The molecule has 17 heavy (non-hydrogen) atoms. The molecule has 2 rings (SSSR count). The Morgan fingerprint density at radius 3 is 2.82 bits per heavy atom. The molecule has 0 saturated heterocycles. The Morgan fingerprint density at radius 1 is 1.35 bits per heavy atom. The van der Waals surface area contributed by atoms with Gasteiger partial charge in [-0.25, -0.2) is 4.98 Å². The third-order valence-electron chi connectivity index (χ3n) is 2.35. The zero-order valence-electron chi connectivity index (χ0n) is 8.97. The maximum Gasteiger partial charge on any atom is 0.278 e. The average Bonchev–Trinajstić information content (AvgIpc) is 2.69. The number of aliphatic hydroxyl groups excluding tert-OH is 2. The van der Waals surface area contributed by atoms with E-state index in [4.69, 9.17) is 10.8 Å². The molecule has 0 aliphatic heterocycles. The molecule has 0 radical (unpaired) electrons. The summed E-state index contributed by atoms with van der Waals surface area (Å²) < 4.78 is 0. The molecule has 1 unspecified atom stereocenters. The van der Waals surface area contributed by atoms with Crippen LogP contribution in [-0.2, 0) is 6.42 Å². The maximum absolute atomic E-state index is 11.5. The number of imidazole rings is 1. The van der Waals surface area contributed by atoms with E-state index in [2.05, 4.69) is 19.9 Å². The molecule has 8 heteroatoms. The minimum absolute atomic E-state index is 0.0101. The molecule has 0 spiro atoms. The monoisotopic (exact) mass is 239 g/mol. The fraction of sp³-hybridized carbons (Fsp3) is 0.444. The van der Waals surface area contributed by atoms with E-state index >= 15 is 0 Å². The molecule has 92 valence electrons. The van der Waals surface area contributed by atoms with Gasteiger partial charge in [-0.2, -0.15) is 4.98 Å². The van der Waals surface area contributed by atoms with Crippen LogP contribution >= 0.6 is 0 Å². The normalized spacial score (nSPS) is 13.1. The molecule has 2 heterocycles. The van der Waals surface area contributed by atoms with Gasteiger partial charge in [0.2, 0.25) is 5.95 Å². The molecule has 0 saturated carbocycles. The number of hydrogen-bond acceptors (Lipinski definition) is 6. The lowest BCUT2D eigenvalue weighted by atomic mass is 10.2. The van der Waals surface area contributed by atoms with Crippen molar-refractivity contribution in [2.45, 2.75) is 18.9 Å². The summed E-state index contributed by atoms with van der Waals surface area (Å²) in [5.41, 5.74) is 5.51. The van der Waals surface area contributed by atoms with Crippen LogP contribution in [0.5, 0.6) is 0 Å². The van der Waals surface area contributed by atoms with E-state index in [0.29, 0.717) is 18.7 Å². The van der Waals surface area contributed by atoms with Gasteiger partial charge in [-0.3, -0.25) is 9.78 Å². The van der Waals surface area contributed by atoms with Crippen LogP contribution in [0.3, 0.4) is 0 Å². The van der Waals surface area contributed by atoms with Gasteiger partial charge in [0.25, 0.3) is 5.56 Å². The van der Waals surface area contributed by atoms with Crippen LogP contribution in [0.25, 0.3) is 11.2 Å². The Hall–Kier alpha value is -1.93. The second-order valence-corrected chi connectivity index (χ2v) is 3.71. The summed E-state index contributed by atoms with van der Waals surface area (Å²) >= 11 is 0. The first-order valence-corrected chi connectivity index (χ1v) is 5.13. The first kappa shape index (κ1) is 11.6. The highest BCUT2D eigenvalue weighted by atomic mass is 16.3. The van der Waals surface area contributed by atoms with E-state index in [1.165, 1.54) is 0 Å². The molecule has 0 amide bonds. The summed E-state index contributed by atoms with van der Waals surface area (Å²) in [6.45, 7) is -0.300. The number of nitrogens with zero attached hydrogens (tertiary/aromatic N) is 2. The number of aryl methyl sites for hydroxylation is 1. The molecule has 0 aliphatic rings. The molecular formula is C9H13N5O3. The van der Waals surface area contributed by atoms with Gasteiger partial charge in [0.05, 0.1) is 12.7 Å². The van der Waals surface area contributed by atoms with Gasteiger partial charge >= 0.3 is 0 Å². The Morgan fingerprint density at radius 2 is 2.12 bits per heavy atom. The topological polar surface area (TPSA) is 141 Å². The molecule has 0 aliphatic carbocycles. The van der Waals surface area contributed by atoms with E-state index in [1.807, 2.05) is 0 Å². The zero-order chi connectivity index (χ0) is 12.4. The van der Waals surface area contributed by atoms with Crippen LogP contribution in [0.2, 0.25) is 0 Å². The first-order valence-electron chi connectivity index (χ1n) is 5.13. The summed E-state index contributed by atoms with van der Waals surface area (Å²) in [6.07, 6.45) is -0.0271. The van der Waals surface area contributed by atoms with Crippen LogP contribution in [0.15, 0.2) is 4.79 Å². The number of anilines is 1. The highest BCUT2D eigenvalue weighted by Gasteiger charge is 2.10. The van der Waals surface area contributed by atoms with Crippen molar-refractivity contribution in [2.24, 2.45) is 0 Å². The molecule has 0 fully saturated rings. The Labute approximate surface area is 95.5 Å². The minimum Gasteiger partial charge on any atom is -0.394 e. The number of aromatic nitrogens is 4. The molecule has 8 nitrogen and oxygen atoms in total. The molecular weight excluding hydrogens is 226 g/mol. The zero-order valence-corrected chi connectivity index (χ0v) is 8.97. The lowest BCUT2D eigenvalue weighted by Gasteiger charge is -2.03. The largest absolute Gasteiger partial charge is 0.394 e. The van der Waals surface area contributed by atoms with Crippen molar-refractivity contribution in [3.05, 3.63) is 16.2 Å². The van der Waals surface area contributed by atoms with Gasteiger partial charge in [-0.05, 0) is 6.42 Å². The summed E-state index contributed by atoms with van der Waals surface area (Å²) in [7, 11) is 0. The highest BCUT2D eigenvalue weighted by molar-refractivity contribution is 5.70. The SMILES string of the molecule is Nc1nc2nc(CCC(O)CO)[nH]c2c(=O)[nH]1. The predicted octanol–water partition coefficient (Wildman–Crippen LogP) is -1.49. The number of nitrogens with one attached hydrogen (secondary N) is 2. The lowest BCUT2D eigenvalue weighted by molar-refractivity contribution is 0.0882. The van der Waals surface area contributed by atoms with Crippen molar-refractivity contribution >= 4 is 17.1 Å². The molecule has 0 aromatic carbocycles. The highest BCUT2D eigenvalue weighted by Crippen LogP contribution is 2.07. The fourth-order valence-electron chi connectivity index (χ4n) is 1.48. The third-order valence-corrected chi connectivity index (χ3v) is 2.35. The van der Waals surface area contributed by atoms with Crippen molar-refractivity contribution in [1.82, 2.24) is 19.9 Å². The van der Waals surface area contributed by atoms with E-state index in [1.54, 1.807) is 0 Å². The van der Waals surface area contributed by atoms with Crippen molar-refractivity contribution in [3.8, 4) is 0 Å². The lowest BCUT2D eigenvalue weighted by Crippen LogP contribution is -2.13. The molecule has 2 aromatic heterocycles. The Kier molecular flexibility index (Phi) is 3.07. The van der Waals surface area contributed by atoms with Gasteiger partial charge in [0, 0.05) is 6.42 Å². The quantitative estimate of drug-likeness (QED) is 0.440. The summed E-state index contributed by atoms with van der Waals surface area (Å²) in [5.74, 6) is 0.534. The van der Waals surface area contributed by atoms with Crippen LogP contribution < -0.4 is 11.3 Å². The maximum atomic E-state index is 11.5. The van der Waals surface area contributed by atoms with E-state index in [-0.39, 0.29) is 29.3 Å². The predicted molar refractivity (Wildman–Crippen MR) is 60.3 cm³/mol. The van der Waals surface area contributed by atoms with Crippen LogP contribution in [0.1, 0.15) is 12.2 Å². The molecule has 0 bridgehead atoms. The van der Waals surface area contributed by atoms with E-state index in [9.17, 15) is 9.90 Å². The van der Waals surface area contributed by atoms with Gasteiger partial charge in [-0.15, -0.1) is 0 Å². The average molecular weight is 239 g/mol. The molecule has 6 N–H and O–H groups in total. The first-order chi connectivity index (χ1) is 8.10. The number of fused-ring (bicyclic) bond motifs is 1. The van der Waals surface area contributed by atoms with Gasteiger partial charge in [0.15, 0.2) is 11.2 Å². The van der Waals surface area contributed by atoms with Gasteiger partial charge < -0.3 is 20.9 Å². The molecule has 1 atom stereocenters. The van der Waals surface area contributed by atoms with Crippen LogP contribution in [0, 0.1) is 0 Å². The standard InChI is InChI=1S/C9H13N5O3/c10-9-13-7-6(8(17)14-9)11-5(12-7)2-1-4(16)3-15/h4,15-16H,1-3H2,(H4,10,11,12,13,14,17). The number of H-pyrrole nitrogens is 2. The van der Waals surface area contributed by atoms with Crippen LogP contribution in [-0.4, -0.2) is 42.9 Å². The van der Waals surface area contributed by atoms with Crippen molar-refractivity contribution < 1.29 is 10.2 Å². The van der Waals surface area contributed by atoms with Gasteiger partial charge in [-0.1, -0.05) is 0 Å². The number of hydrogen-bond donors (Lipinski definition) is 5. The third kappa shape index (κ3) is 2.43. The Balaban J connectivity index is 2.26. The number of nitrogen functional groups attached to an aromatic ring is 1. The number of aliphatic hydroxyl groups is 2. The second-order valence-electron chi connectivity index (χ2n) is 3.71. The Bertz CT molecular complexity index is 576. The second kappa shape index (κ2) is 4.52. The summed E-state index contributed by atoms with van der Waals surface area (Å²) in [5, 5.41) is 17.9. The number of aromatic amines is 2. The number of nitrogens with two attached hydrogens (primary N) is 1. The summed E-state index contributed by atoms with van der Waals surface area (Å²) in [4.78, 5) is 24.6. The van der Waals surface area contributed by atoms with E-state index < -0.39 is 6.10 Å². The molecule has 2 aromatic rings. The summed E-state index contributed by atoms with van der Waals surface area (Å²) in [6, 6.07) is 0. The van der Waals surface area contributed by atoms with Crippen molar-refractivity contribution in [1.29, 1.82) is 0 Å². The van der Waals surface area contributed by atoms with Crippen LogP contribution in [0.4, 0.5) is 5.95 Å². The minimum atomic E-state index is -0.792. The van der Waals surface area contributed by atoms with E-state index in [0.717, 1.165) is 0 Å². The van der Waals surface area contributed by atoms with Gasteiger partial charge in [0.1, 0.15) is 5.82 Å². The number of rotatable bonds is 4. The van der Waals surface area contributed by atoms with Crippen molar-refractivity contribution in [3.63, 3.8) is 0 Å². The fourth-order valence-corrected chi connectivity index (χ4v) is 1.48. The van der Waals surface area contributed by atoms with Crippen molar-refractivity contribution in [2.75, 3.05) is 12.3 Å². The smallest absolute Gasteiger partial charge is 0.278 e.